The zero-order valence-corrected chi connectivity index (χ0v) is 11.0. The molecule has 0 aliphatic carbocycles. The summed E-state index contributed by atoms with van der Waals surface area (Å²) in [7, 11) is 0. The standard InChI is InChI=1S/C15H14N2O3/c1-2-11-12-7-10(15(18)19)3-4-13(12)20-14(11)8-17-6-5-16-9-17/h3-7,9H,2,8H2,1H3,(H,18,19). The number of fused-ring (bicyclic) bond motifs is 1. The maximum Gasteiger partial charge on any atom is 0.335 e. The Kier molecular flexibility index (Phi) is 3.02. The van der Waals surface area contributed by atoms with Crippen molar-refractivity contribution in [2.75, 3.05) is 0 Å². The van der Waals surface area contributed by atoms with Crippen molar-refractivity contribution in [1.82, 2.24) is 9.55 Å². The Morgan fingerprint density at radius 3 is 2.95 bits per heavy atom. The monoisotopic (exact) mass is 270 g/mol. The van der Waals surface area contributed by atoms with Gasteiger partial charge in [0.25, 0.3) is 0 Å². The van der Waals surface area contributed by atoms with E-state index in [0.717, 1.165) is 28.7 Å². The second-order valence-corrected chi connectivity index (χ2v) is 4.61. The highest BCUT2D eigenvalue weighted by Gasteiger charge is 2.15. The van der Waals surface area contributed by atoms with E-state index in [1.165, 1.54) is 0 Å². The predicted octanol–water partition coefficient (Wildman–Crippen LogP) is 2.94. The fraction of sp³-hybridized carbons (Fsp3) is 0.200. The lowest BCUT2D eigenvalue weighted by molar-refractivity contribution is 0.0697. The lowest BCUT2D eigenvalue weighted by atomic mass is 10.1. The van der Waals surface area contributed by atoms with Gasteiger partial charge in [0.15, 0.2) is 0 Å². The molecule has 0 saturated heterocycles. The molecule has 0 spiro atoms. The summed E-state index contributed by atoms with van der Waals surface area (Å²) in [5, 5.41) is 9.96. The Labute approximate surface area is 115 Å². The van der Waals surface area contributed by atoms with Gasteiger partial charge in [0, 0.05) is 23.3 Å². The Morgan fingerprint density at radius 1 is 1.45 bits per heavy atom. The van der Waals surface area contributed by atoms with Gasteiger partial charge in [0.05, 0.1) is 18.4 Å². The van der Waals surface area contributed by atoms with E-state index in [9.17, 15) is 4.79 Å². The van der Waals surface area contributed by atoms with Gasteiger partial charge >= 0.3 is 5.97 Å². The lowest BCUT2D eigenvalue weighted by Crippen LogP contribution is -1.98. The van der Waals surface area contributed by atoms with E-state index in [1.54, 1.807) is 30.7 Å². The zero-order chi connectivity index (χ0) is 14.1. The number of benzene rings is 1. The number of nitrogens with zero attached hydrogens (tertiary/aromatic N) is 2. The van der Waals surface area contributed by atoms with E-state index in [2.05, 4.69) is 4.98 Å². The average molecular weight is 270 g/mol. The van der Waals surface area contributed by atoms with Crippen LogP contribution >= 0.6 is 0 Å². The Balaban J connectivity index is 2.11. The van der Waals surface area contributed by atoms with Crippen LogP contribution < -0.4 is 0 Å². The smallest absolute Gasteiger partial charge is 0.335 e. The van der Waals surface area contributed by atoms with Crippen LogP contribution in [0.1, 0.15) is 28.6 Å². The summed E-state index contributed by atoms with van der Waals surface area (Å²) in [6, 6.07) is 4.96. The summed E-state index contributed by atoms with van der Waals surface area (Å²) >= 11 is 0. The summed E-state index contributed by atoms with van der Waals surface area (Å²) < 4.78 is 7.78. The van der Waals surface area contributed by atoms with Crippen LogP contribution in [0.5, 0.6) is 0 Å². The third-order valence-electron chi connectivity index (χ3n) is 3.36. The summed E-state index contributed by atoms with van der Waals surface area (Å²) in [6.45, 7) is 2.63. The van der Waals surface area contributed by atoms with Crippen molar-refractivity contribution in [3.05, 3.63) is 53.8 Å². The first-order chi connectivity index (χ1) is 9.69. The minimum atomic E-state index is -0.925. The van der Waals surface area contributed by atoms with Gasteiger partial charge in [-0.15, -0.1) is 0 Å². The van der Waals surface area contributed by atoms with Crippen molar-refractivity contribution in [3.63, 3.8) is 0 Å². The molecule has 1 aromatic carbocycles. The molecule has 0 aliphatic heterocycles. The fourth-order valence-corrected chi connectivity index (χ4v) is 2.39. The fourth-order valence-electron chi connectivity index (χ4n) is 2.39. The maximum atomic E-state index is 11.1. The lowest BCUT2D eigenvalue weighted by Gasteiger charge is -2.01. The van der Waals surface area contributed by atoms with Crippen LogP contribution in [0.4, 0.5) is 0 Å². The van der Waals surface area contributed by atoms with Crippen LogP contribution in [-0.4, -0.2) is 20.6 Å². The second kappa shape index (κ2) is 4.85. The number of imidazole rings is 1. The molecule has 5 heteroatoms. The number of aromatic nitrogens is 2. The number of carboxylic acid groups (broad SMARTS) is 1. The van der Waals surface area contributed by atoms with Crippen LogP contribution in [0.3, 0.4) is 0 Å². The van der Waals surface area contributed by atoms with Crippen LogP contribution in [0.15, 0.2) is 41.3 Å². The highest BCUT2D eigenvalue weighted by atomic mass is 16.4. The molecule has 0 fully saturated rings. The highest BCUT2D eigenvalue weighted by Crippen LogP contribution is 2.28. The van der Waals surface area contributed by atoms with Crippen LogP contribution in [0, 0.1) is 0 Å². The molecule has 3 rings (SSSR count). The van der Waals surface area contributed by atoms with E-state index in [4.69, 9.17) is 9.52 Å². The normalized spacial score (nSPS) is 11.1. The molecule has 1 N–H and O–H groups in total. The molecule has 0 saturated carbocycles. The average Bonchev–Trinajstić information content (AvgIpc) is 3.04. The van der Waals surface area contributed by atoms with Gasteiger partial charge in [-0.1, -0.05) is 6.92 Å². The largest absolute Gasteiger partial charge is 0.478 e. The van der Waals surface area contributed by atoms with Gasteiger partial charge in [0.2, 0.25) is 0 Å². The van der Waals surface area contributed by atoms with Gasteiger partial charge in [-0.25, -0.2) is 9.78 Å². The van der Waals surface area contributed by atoms with Crippen molar-refractivity contribution in [2.24, 2.45) is 0 Å². The summed E-state index contributed by atoms with van der Waals surface area (Å²) in [5.41, 5.74) is 2.06. The van der Waals surface area contributed by atoms with Crippen molar-refractivity contribution < 1.29 is 14.3 Å². The SMILES string of the molecule is CCc1c(Cn2ccnc2)oc2ccc(C(=O)O)cc12. The maximum absolute atomic E-state index is 11.1. The van der Waals surface area contributed by atoms with E-state index in [-0.39, 0.29) is 5.56 Å². The summed E-state index contributed by atoms with van der Waals surface area (Å²) in [5.74, 6) is -0.0747. The van der Waals surface area contributed by atoms with Crippen LogP contribution in [0.25, 0.3) is 11.0 Å². The van der Waals surface area contributed by atoms with Crippen LogP contribution in [-0.2, 0) is 13.0 Å². The molecule has 2 aromatic heterocycles. The number of aromatic carboxylic acids is 1. The van der Waals surface area contributed by atoms with Crippen molar-refractivity contribution >= 4 is 16.9 Å². The first-order valence-corrected chi connectivity index (χ1v) is 6.42. The number of hydrogen-bond acceptors (Lipinski definition) is 3. The summed E-state index contributed by atoms with van der Waals surface area (Å²) in [4.78, 5) is 15.1. The van der Waals surface area contributed by atoms with Gasteiger partial charge in [-0.3, -0.25) is 0 Å². The van der Waals surface area contributed by atoms with Crippen molar-refractivity contribution in [3.8, 4) is 0 Å². The second-order valence-electron chi connectivity index (χ2n) is 4.61. The molecule has 0 bridgehead atoms. The number of furan rings is 1. The number of rotatable bonds is 4. The minimum Gasteiger partial charge on any atom is -0.478 e. The molecule has 20 heavy (non-hydrogen) atoms. The summed E-state index contributed by atoms with van der Waals surface area (Å²) in [6.07, 6.45) is 6.11. The first kappa shape index (κ1) is 12.5. The third kappa shape index (κ3) is 2.07. The number of carbonyl (C=O) groups is 1. The molecule has 0 amide bonds. The molecule has 0 radical (unpaired) electrons. The molecule has 0 aliphatic rings. The van der Waals surface area contributed by atoms with Crippen LogP contribution in [0.2, 0.25) is 0 Å². The number of hydrogen-bond donors (Lipinski definition) is 1. The topological polar surface area (TPSA) is 68.3 Å². The van der Waals surface area contributed by atoms with E-state index < -0.39 is 5.97 Å². The quantitative estimate of drug-likeness (QED) is 0.791. The first-order valence-electron chi connectivity index (χ1n) is 6.42. The Hall–Kier alpha value is -2.56. The molecular weight excluding hydrogens is 256 g/mol. The van der Waals surface area contributed by atoms with E-state index >= 15 is 0 Å². The van der Waals surface area contributed by atoms with Crippen molar-refractivity contribution in [1.29, 1.82) is 0 Å². The minimum absolute atomic E-state index is 0.280. The molecule has 2 heterocycles. The molecule has 3 aromatic rings. The molecule has 0 unspecified atom stereocenters. The van der Waals surface area contributed by atoms with Crippen molar-refractivity contribution in [2.45, 2.75) is 19.9 Å². The van der Waals surface area contributed by atoms with Gasteiger partial charge in [-0.05, 0) is 24.6 Å². The number of aryl methyl sites for hydroxylation is 1. The zero-order valence-electron chi connectivity index (χ0n) is 11.0. The molecule has 0 atom stereocenters. The van der Waals surface area contributed by atoms with E-state index in [1.807, 2.05) is 17.7 Å². The molecular formula is C15H14N2O3. The van der Waals surface area contributed by atoms with E-state index in [0.29, 0.717) is 6.54 Å². The van der Waals surface area contributed by atoms with Gasteiger partial charge < -0.3 is 14.1 Å². The Morgan fingerprint density at radius 2 is 2.30 bits per heavy atom. The Bertz CT molecular complexity index is 757. The number of carboxylic acids is 1. The predicted molar refractivity (Wildman–Crippen MR) is 73.9 cm³/mol. The van der Waals surface area contributed by atoms with Gasteiger partial charge in [-0.2, -0.15) is 0 Å². The molecule has 102 valence electrons. The highest BCUT2D eigenvalue weighted by molar-refractivity contribution is 5.94. The van der Waals surface area contributed by atoms with Gasteiger partial charge in [0.1, 0.15) is 11.3 Å². The molecule has 5 nitrogen and oxygen atoms in total. The third-order valence-corrected chi connectivity index (χ3v) is 3.36.